The van der Waals surface area contributed by atoms with Gasteiger partial charge in [-0.1, -0.05) is 23.7 Å². The molecule has 0 unspecified atom stereocenters. The monoisotopic (exact) mass is 286 g/mol. The van der Waals surface area contributed by atoms with E-state index in [4.69, 9.17) is 16.3 Å². The van der Waals surface area contributed by atoms with E-state index >= 15 is 0 Å². The molecule has 0 amide bonds. The van der Waals surface area contributed by atoms with E-state index in [-0.39, 0.29) is 5.60 Å². The highest BCUT2D eigenvalue weighted by atomic mass is 35.5. The van der Waals surface area contributed by atoms with Crippen molar-refractivity contribution in [3.05, 3.63) is 52.5 Å². The van der Waals surface area contributed by atoms with Crippen LogP contribution in [0.15, 0.2) is 36.4 Å². The lowest BCUT2D eigenvalue weighted by Crippen LogP contribution is -2.24. The Morgan fingerprint density at radius 2 is 1.85 bits per heavy atom. The first-order valence-corrected chi connectivity index (χ1v) is 6.93. The largest absolute Gasteiger partial charge is 0.487 e. The lowest BCUT2D eigenvalue weighted by atomic mass is 9.97. The minimum absolute atomic E-state index is 0.139. The van der Waals surface area contributed by atoms with E-state index in [1.807, 2.05) is 24.3 Å². The zero-order chi connectivity index (χ0) is 14.3. The minimum Gasteiger partial charge on any atom is -0.487 e. The van der Waals surface area contributed by atoms with Gasteiger partial charge in [-0.15, -0.1) is 0 Å². The zero-order valence-electron chi connectivity index (χ0n) is 11.4. The third-order valence-electron chi connectivity index (χ3n) is 3.52. The van der Waals surface area contributed by atoms with Gasteiger partial charge in [0.1, 0.15) is 11.4 Å². The first kappa shape index (κ1) is 13.2. The van der Waals surface area contributed by atoms with Crippen LogP contribution in [0.3, 0.4) is 0 Å². The fourth-order valence-corrected chi connectivity index (χ4v) is 2.82. The second-order valence-electron chi connectivity index (χ2n) is 5.72. The Bertz CT molecular complexity index is 689. The van der Waals surface area contributed by atoms with Crippen LogP contribution in [-0.2, 0) is 6.42 Å². The highest BCUT2D eigenvalue weighted by Gasteiger charge is 2.29. The predicted molar refractivity (Wildman–Crippen MR) is 80.7 cm³/mol. The predicted octanol–water partition coefficient (Wildman–Crippen LogP) is 4.53. The van der Waals surface area contributed by atoms with Gasteiger partial charge in [0, 0.05) is 12.0 Å². The van der Waals surface area contributed by atoms with Gasteiger partial charge < -0.3 is 4.74 Å². The molecule has 0 radical (unpaired) electrons. The van der Waals surface area contributed by atoms with E-state index in [1.165, 1.54) is 5.56 Å². The van der Waals surface area contributed by atoms with Crippen molar-refractivity contribution >= 4 is 17.9 Å². The molecule has 1 aliphatic heterocycles. The molecule has 0 saturated carbocycles. The summed E-state index contributed by atoms with van der Waals surface area (Å²) in [6.07, 6.45) is 1.67. The Morgan fingerprint density at radius 1 is 1.15 bits per heavy atom. The Kier molecular flexibility index (Phi) is 3.06. The third-order valence-corrected chi connectivity index (χ3v) is 3.85. The molecule has 2 nitrogen and oxygen atoms in total. The summed E-state index contributed by atoms with van der Waals surface area (Å²) >= 11 is 6.09. The molecule has 1 aliphatic rings. The first-order valence-electron chi connectivity index (χ1n) is 6.55. The number of carbonyl (C=O) groups is 1. The van der Waals surface area contributed by atoms with E-state index in [0.29, 0.717) is 10.6 Å². The molecule has 3 heteroatoms. The maximum Gasteiger partial charge on any atom is 0.151 e. The van der Waals surface area contributed by atoms with Crippen LogP contribution in [0, 0.1) is 0 Å². The smallest absolute Gasteiger partial charge is 0.151 e. The van der Waals surface area contributed by atoms with Gasteiger partial charge in [0.2, 0.25) is 0 Å². The molecule has 0 N–H and O–H groups in total. The van der Waals surface area contributed by atoms with E-state index in [9.17, 15) is 4.79 Å². The van der Waals surface area contributed by atoms with Crippen LogP contribution >= 0.6 is 11.6 Å². The summed E-state index contributed by atoms with van der Waals surface area (Å²) in [7, 11) is 0. The molecule has 1 heterocycles. The molecule has 0 aliphatic carbocycles. The molecule has 0 spiro atoms. The van der Waals surface area contributed by atoms with Gasteiger partial charge in [-0.05, 0) is 54.8 Å². The van der Waals surface area contributed by atoms with Crippen molar-refractivity contribution < 1.29 is 9.53 Å². The van der Waals surface area contributed by atoms with Crippen molar-refractivity contribution in [3.8, 4) is 16.9 Å². The number of rotatable bonds is 2. The summed E-state index contributed by atoms with van der Waals surface area (Å²) in [6, 6.07) is 11.6. The second kappa shape index (κ2) is 4.64. The molecule has 0 bridgehead atoms. The summed E-state index contributed by atoms with van der Waals surface area (Å²) < 4.78 is 5.87. The summed E-state index contributed by atoms with van der Waals surface area (Å²) in [5.74, 6) is 0.953. The van der Waals surface area contributed by atoms with Crippen molar-refractivity contribution in [1.82, 2.24) is 0 Å². The van der Waals surface area contributed by atoms with Gasteiger partial charge >= 0.3 is 0 Å². The molecule has 102 valence electrons. The Balaban J connectivity index is 2.01. The number of hydrogen-bond donors (Lipinski definition) is 0. The van der Waals surface area contributed by atoms with E-state index < -0.39 is 0 Å². The van der Waals surface area contributed by atoms with Crippen LogP contribution in [0.1, 0.15) is 29.8 Å². The van der Waals surface area contributed by atoms with Gasteiger partial charge in [-0.25, -0.2) is 0 Å². The summed E-state index contributed by atoms with van der Waals surface area (Å²) in [6.45, 7) is 4.17. The number of aldehydes is 1. The molecule has 2 aromatic rings. The molecule has 20 heavy (non-hydrogen) atoms. The molecule has 0 fully saturated rings. The quantitative estimate of drug-likeness (QED) is 0.758. The average Bonchev–Trinajstić information content (AvgIpc) is 2.71. The first-order chi connectivity index (χ1) is 9.48. The van der Waals surface area contributed by atoms with Crippen molar-refractivity contribution in [3.63, 3.8) is 0 Å². The fraction of sp³-hybridized carbons (Fsp3) is 0.235. The van der Waals surface area contributed by atoms with E-state index in [0.717, 1.165) is 29.6 Å². The molecule has 3 rings (SSSR count). The van der Waals surface area contributed by atoms with Crippen LogP contribution in [0.4, 0.5) is 0 Å². The number of hydrogen-bond acceptors (Lipinski definition) is 2. The van der Waals surface area contributed by atoms with Crippen molar-refractivity contribution in [2.45, 2.75) is 25.9 Å². The van der Waals surface area contributed by atoms with Gasteiger partial charge in [0.15, 0.2) is 6.29 Å². The highest BCUT2D eigenvalue weighted by Crippen LogP contribution is 2.37. The SMILES string of the molecule is CC1(C)Cc2cc(-c3ccc(C=O)c(Cl)c3)ccc2O1. The lowest BCUT2D eigenvalue weighted by Gasteiger charge is -2.16. The average molecular weight is 287 g/mol. The molecular weight excluding hydrogens is 272 g/mol. The van der Waals surface area contributed by atoms with E-state index in [2.05, 4.69) is 19.9 Å². The van der Waals surface area contributed by atoms with Gasteiger partial charge in [0.25, 0.3) is 0 Å². The molecule has 0 atom stereocenters. The zero-order valence-corrected chi connectivity index (χ0v) is 12.2. The van der Waals surface area contributed by atoms with E-state index in [1.54, 1.807) is 6.07 Å². The van der Waals surface area contributed by atoms with Gasteiger partial charge in [0.05, 0.1) is 5.02 Å². The van der Waals surface area contributed by atoms with Crippen LogP contribution in [0.5, 0.6) is 5.75 Å². The number of halogens is 1. The lowest BCUT2D eigenvalue weighted by molar-refractivity contribution is 0.112. The summed E-state index contributed by atoms with van der Waals surface area (Å²) in [5, 5.41) is 0.481. The number of ether oxygens (including phenoxy) is 1. The van der Waals surface area contributed by atoms with Crippen LogP contribution in [0.2, 0.25) is 5.02 Å². The van der Waals surface area contributed by atoms with Crippen molar-refractivity contribution in [2.24, 2.45) is 0 Å². The van der Waals surface area contributed by atoms with Gasteiger partial charge in [-0.3, -0.25) is 4.79 Å². The Hall–Kier alpha value is -1.80. The molecule has 0 aromatic heterocycles. The number of carbonyl (C=O) groups excluding carboxylic acids is 1. The summed E-state index contributed by atoms with van der Waals surface area (Å²) in [5.41, 5.74) is 3.68. The maximum absolute atomic E-state index is 10.8. The molecule has 2 aromatic carbocycles. The number of benzene rings is 2. The van der Waals surface area contributed by atoms with Crippen LogP contribution in [0.25, 0.3) is 11.1 Å². The minimum atomic E-state index is -0.139. The standard InChI is InChI=1S/C17H15ClO2/c1-17(2)9-14-7-11(5-6-16(14)20-17)12-3-4-13(10-19)15(18)8-12/h3-8,10H,9H2,1-2H3. The Labute approximate surface area is 123 Å². The van der Waals surface area contributed by atoms with Crippen LogP contribution in [-0.4, -0.2) is 11.9 Å². The van der Waals surface area contributed by atoms with Crippen LogP contribution < -0.4 is 4.74 Å². The second-order valence-corrected chi connectivity index (χ2v) is 6.12. The maximum atomic E-state index is 10.8. The Morgan fingerprint density at radius 3 is 2.55 bits per heavy atom. The topological polar surface area (TPSA) is 26.3 Å². The molecular formula is C17H15ClO2. The molecule has 0 saturated heterocycles. The normalized spacial score (nSPS) is 15.6. The number of fused-ring (bicyclic) bond motifs is 1. The van der Waals surface area contributed by atoms with Crippen molar-refractivity contribution in [1.29, 1.82) is 0 Å². The summed E-state index contributed by atoms with van der Waals surface area (Å²) in [4.78, 5) is 10.8. The highest BCUT2D eigenvalue weighted by molar-refractivity contribution is 6.33. The third kappa shape index (κ3) is 2.32. The fourth-order valence-electron chi connectivity index (χ4n) is 2.59. The van der Waals surface area contributed by atoms with Crippen molar-refractivity contribution in [2.75, 3.05) is 0 Å². The van der Waals surface area contributed by atoms with Gasteiger partial charge in [-0.2, -0.15) is 0 Å².